The van der Waals surface area contributed by atoms with E-state index >= 15 is 0 Å². The van der Waals surface area contributed by atoms with E-state index in [2.05, 4.69) is 54.3 Å². The molecule has 1 fully saturated rings. The maximum atomic E-state index is 11.8. The second kappa shape index (κ2) is 13.3. The highest BCUT2D eigenvalue weighted by atomic mass is 127. The Labute approximate surface area is 185 Å². The zero-order chi connectivity index (χ0) is 18.8. The molecule has 0 saturated heterocycles. The molecule has 1 saturated carbocycles. The Kier molecular flexibility index (Phi) is 11.8. The molecule has 5 nitrogen and oxygen atoms in total. The van der Waals surface area contributed by atoms with Crippen molar-refractivity contribution in [3.63, 3.8) is 0 Å². The number of hydrogen-bond donors (Lipinski definition) is 3. The number of rotatable bonds is 9. The summed E-state index contributed by atoms with van der Waals surface area (Å²) in [7, 11) is 0. The fraction of sp³-hybridized carbons (Fsp3) is 0.600. The average Bonchev–Trinajstić information content (AvgIpc) is 2.58. The topological polar surface area (TPSA) is 65.5 Å². The van der Waals surface area contributed by atoms with Crippen LogP contribution < -0.4 is 16.0 Å². The molecule has 0 aliphatic heterocycles. The van der Waals surface area contributed by atoms with Gasteiger partial charge in [0.25, 0.3) is 0 Å². The molecule has 0 heterocycles. The van der Waals surface area contributed by atoms with E-state index in [-0.39, 0.29) is 35.8 Å². The van der Waals surface area contributed by atoms with Crippen LogP contribution in [-0.4, -0.2) is 37.8 Å². The minimum Gasteiger partial charge on any atom is -0.357 e. The van der Waals surface area contributed by atoms with Crippen LogP contribution in [0.3, 0.4) is 0 Å². The molecule has 0 atom stereocenters. The van der Waals surface area contributed by atoms with Crippen LogP contribution in [0.4, 0.5) is 0 Å². The van der Waals surface area contributed by atoms with Gasteiger partial charge >= 0.3 is 0 Å². The van der Waals surface area contributed by atoms with Gasteiger partial charge in [0, 0.05) is 30.4 Å². The zero-order valence-electron chi connectivity index (χ0n) is 16.6. The van der Waals surface area contributed by atoms with Crippen LogP contribution in [0.15, 0.2) is 28.1 Å². The van der Waals surface area contributed by atoms with E-state index in [1.807, 2.05) is 0 Å². The fourth-order valence-electron chi connectivity index (χ4n) is 2.81. The lowest BCUT2D eigenvalue weighted by atomic mass is 9.85. The average molecular weight is 504 g/mol. The van der Waals surface area contributed by atoms with Crippen molar-refractivity contribution in [2.45, 2.75) is 51.0 Å². The summed E-state index contributed by atoms with van der Waals surface area (Å²) in [6, 6.07) is 6.50. The molecule has 1 amide bonds. The quantitative estimate of drug-likeness (QED) is 0.158. The molecule has 2 rings (SSSR count). The fourth-order valence-corrected chi connectivity index (χ4v) is 3.51. The van der Waals surface area contributed by atoms with Crippen molar-refractivity contribution in [3.05, 3.63) is 29.3 Å². The molecule has 1 aromatic rings. The third-order valence-electron chi connectivity index (χ3n) is 4.62. The van der Waals surface area contributed by atoms with Crippen molar-refractivity contribution in [3.8, 4) is 0 Å². The van der Waals surface area contributed by atoms with E-state index in [4.69, 9.17) is 4.99 Å². The van der Waals surface area contributed by atoms with Crippen LogP contribution >= 0.6 is 35.7 Å². The van der Waals surface area contributed by atoms with Crippen LogP contribution in [0.1, 0.15) is 43.7 Å². The first kappa shape index (κ1) is 24.1. The molecule has 27 heavy (non-hydrogen) atoms. The predicted octanol–water partition coefficient (Wildman–Crippen LogP) is 3.70. The Morgan fingerprint density at radius 2 is 1.96 bits per heavy atom. The van der Waals surface area contributed by atoms with Gasteiger partial charge in [0.15, 0.2) is 5.96 Å². The standard InChI is InChI=1S/C20H32N4OS.HI/c1-4-21-20(23-12-6-11-22-19(25)16-7-5-8-16)24-14-17-10-9-15(2)13-18(17)26-3;/h9-10,13,16H,4-8,11-12,14H2,1-3H3,(H,22,25)(H2,21,23,24);1H. The number of amides is 1. The molecule has 1 aliphatic carbocycles. The highest BCUT2D eigenvalue weighted by Crippen LogP contribution is 2.26. The van der Waals surface area contributed by atoms with Gasteiger partial charge in [-0.2, -0.15) is 0 Å². The first-order chi connectivity index (χ1) is 12.6. The van der Waals surface area contributed by atoms with E-state index in [1.54, 1.807) is 11.8 Å². The molecule has 0 bridgehead atoms. The summed E-state index contributed by atoms with van der Waals surface area (Å²) in [5.41, 5.74) is 2.52. The number of carbonyl (C=O) groups excluding carboxylic acids is 1. The first-order valence-electron chi connectivity index (χ1n) is 9.57. The van der Waals surface area contributed by atoms with E-state index < -0.39 is 0 Å². The second-order valence-electron chi connectivity index (χ2n) is 6.71. The summed E-state index contributed by atoms with van der Waals surface area (Å²) in [6.45, 7) is 7.17. The van der Waals surface area contributed by atoms with Gasteiger partial charge in [0.1, 0.15) is 0 Å². The van der Waals surface area contributed by atoms with Crippen molar-refractivity contribution in [1.29, 1.82) is 0 Å². The Bertz CT molecular complexity index is 620. The number of nitrogens with zero attached hydrogens (tertiary/aromatic N) is 1. The third kappa shape index (κ3) is 8.29. The van der Waals surface area contributed by atoms with Gasteiger partial charge in [0.05, 0.1) is 6.54 Å². The van der Waals surface area contributed by atoms with Gasteiger partial charge in [-0.05, 0) is 56.6 Å². The van der Waals surface area contributed by atoms with Crippen LogP contribution in [0, 0.1) is 12.8 Å². The SMILES string of the molecule is CCNC(=NCc1ccc(C)cc1SC)NCCCNC(=O)C1CCC1.I. The Morgan fingerprint density at radius 1 is 1.22 bits per heavy atom. The zero-order valence-corrected chi connectivity index (χ0v) is 19.8. The second-order valence-corrected chi connectivity index (χ2v) is 7.56. The van der Waals surface area contributed by atoms with Crippen LogP contribution in [-0.2, 0) is 11.3 Å². The lowest BCUT2D eigenvalue weighted by Crippen LogP contribution is -2.39. The summed E-state index contributed by atoms with van der Waals surface area (Å²) >= 11 is 1.76. The van der Waals surface area contributed by atoms with Gasteiger partial charge in [-0.1, -0.05) is 18.6 Å². The first-order valence-corrected chi connectivity index (χ1v) is 10.8. The van der Waals surface area contributed by atoms with E-state index in [0.29, 0.717) is 6.54 Å². The molecular formula is C20H33IN4OS. The minimum atomic E-state index is 0. The number of thioether (sulfide) groups is 1. The molecule has 7 heteroatoms. The highest BCUT2D eigenvalue weighted by Gasteiger charge is 2.24. The Morgan fingerprint density at radius 3 is 2.59 bits per heavy atom. The maximum Gasteiger partial charge on any atom is 0.223 e. The van der Waals surface area contributed by atoms with Gasteiger partial charge in [-0.3, -0.25) is 4.79 Å². The molecule has 1 aliphatic rings. The molecular weight excluding hydrogens is 471 g/mol. The van der Waals surface area contributed by atoms with Gasteiger partial charge in [-0.25, -0.2) is 4.99 Å². The van der Waals surface area contributed by atoms with Crippen molar-refractivity contribution < 1.29 is 4.79 Å². The highest BCUT2D eigenvalue weighted by molar-refractivity contribution is 14.0. The lowest BCUT2D eigenvalue weighted by molar-refractivity contribution is -0.127. The number of nitrogens with one attached hydrogen (secondary N) is 3. The Balaban J connectivity index is 0.00000364. The van der Waals surface area contributed by atoms with Crippen molar-refractivity contribution >= 4 is 47.6 Å². The van der Waals surface area contributed by atoms with Crippen LogP contribution in [0.25, 0.3) is 0 Å². The predicted molar refractivity (Wildman–Crippen MR) is 126 cm³/mol. The van der Waals surface area contributed by atoms with E-state index in [0.717, 1.165) is 44.9 Å². The molecule has 0 radical (unpaired) electrons. The summed E-state index contributed by atoms with van der Waals surface area (Å²) in [5.74, 6) is 1.31. The molecule has 0 aromatic heterocycles. The summed E-state index contributed by atoms with van der Waals surface area (Å²) in [6.07, 6.45) is 6.30. The molecule has 3 N–H and O–H groups in total. The largest absolute Gasteiger partial charge is 0.357 e. The number of benzene rings is 1. The van der Waals surface area contributed by atoms with E-state index in [1.165, 1.54) is 22.4 Å². The molecule has 0 spiro atoms. The van der Waals surface area contributed by atoms with Crippen LogP contribution in [0.5, 0.6) is 0 Å². The van der Waals surface area contributed by atoms with Crippen molar-refractivity contribution in [1.82, 2.24) is 16.0 Å². The van der Waals surface area contributed by atoms with Gasteiger partial charge in [0.2, 0.25) is 5.91 Å². The summed E-state index contributed by atoms with van der Waals surface area (Å²) in [4.78, 5) is 17.8. The maximum absolute atomic E-state index is 11.8. The normalized spacial score (nSPS) is 14.1. The molecule has 1 aromatic carbocycles. The minimum absolute atomic E-state index is 0. The Hall–Kier alpha value is -0.960. The van der Waals surface area contributed by atoms with Crippen LogP contribution in [0.2, 0.25) is 0 Å². The van der Waals surface area contributed by atoms with Crippen molar-refractivity contribution in [2.75, 3.05) is 25.9 Å². The third-order valence-corrected chi connectivity index (χ3v) is 5.44. The van der Waals surface area contributed by atoms with Gasteiger partial charge in [-0.15, -0.1) is 35.7 Å². The molecule has 0 unspecified atom stereocenters. The van der Waals surface area contributed by atoms with Crippen molar-refractivity contribution in [2.24, 2.45) is 10.9 Å². The van der Waals surface area contributed by atoms with Gasteiger partial charge < -0.3 is 16.0 Å². The number of carbonyl (C=O) groups is 1. The molecule has 152 valence electrons. The number of hydrogen-bond acceptors (Lipinski definition) is 3. The van der Waals surface area contributed by atoms with E-state index in [9.17, 15) is 4.79 Å². The number of guanidine groups is 1. The monoisotopic (exact) mass is 504 g/mol. The number of aliphatic imine (C=N–C) groups is 1. The lowest BCUT2D eigenvalue weighted by Gasteiger charge is -2.24. The number of halogens is 1. The smallest absolute Gasteiger partial charge is 0.223 e. The summed E-state index contributed by atoms with van der Waals surface area (Å²) in [5, 5.41) is 9.66. The summed E-state index contributed by atoms with van der Waals surface area (Å²) < 4.78 is 0. The number of aryl methyl sites for hydroxylation is 1.